The number of nitrogens with zero attached hydrogens (tertiary/aromatic N) is 12. The number of benzene rings is 10. The molecule has 0 saturated heterocycles. The molecule has 0 fully saturated rings. The Labute approximate surface area is 824 Å². The van der Waals surface area contributed by atoms with Crippen molar-refractivity contribution in [2.24, 2.45) is 5.92 Å². The first kappa shape index (κ1) is 88.8. The van der Waals surface area contributed by atoms with Gasteiger partial charge in [-0.2, -0.15) is 20.4 Å². The molecule has 0 aliphatic rings. The minimum atomic E-state index is -0.184. The first-order valence-corrected chi connectivity index (χ1v) is 46.7. The molecule has 704 valence electrons. The average molecular weight is 1900 g/mol. The summed E-state index contributed by atoms with van der Waals surface area (Å²) in [7, 11) is 0. The van der Waals surface area contributed by atoms with Crippen LogP contribution in [0.5, 0.6) is 0 Å². The number of carbonyl (C=O) groups excluding carboxylic acids is 3. The van der Waals surface area contributed by atoms with E-state index in [1.54, 1.807) is 99.4 Å². The predicted octanol–water partition coefficient (Wildman–Crippen LogP) is 25.6. The SMILES string of the molecule is CC(C)C(=O)Nc1cncc(-c2ccc3[nH]nc(-c4nc5c(-c6ccoc6)cccc5[nH]4)c3c2)c1.CC(C)Nc1cncc(-c2ccc3[nH]nc(-c4nc5c(-c6ccoc6)cccc5[nH]4)c3c2)c1.O=C(Cc1ccccc1)Nc1cncc(-c2ccc3[nH]nc(-c4nc5c(-c6ccoc6)cccc5[nH]4)c3c2)c1.O=C(Nc1cncc(-c2ccc3[nH]nc(-c4nc5c(-c6ccoc6)cccc5[nH]4)c3c2)c1)c1ccccc1. The molecule has 0 radical (unpaired) electrons. The number of aromatic amines is 8. The van der Waals surface area contributed by atoms with E-state index >= 15 is 0 Å². The number of carbonyl (C=O) groups is 3. The lowest BCUT2D eigenvalue weighted by Crippen LogP contribution is -2.17. The van der Waals surface area contributed by atoms with Gasteiger partial charge in [0, 0.05) is 137 Å². The van der Waals surface area contributed by atoms with Crippen LogP contribution in [0.3, 0.4) is 0 Å². The zero-order chi connectivity index (χ0) is 98.0. The Balaban J connectivity index is 0.000000107. The topological polar surface area (TPSA) is 433 Å². The quantitative estimate of drug-likeness (QED) is 0.0318. The van der Waals surface area contributed by atoms with Crippen LogP contribution in [0.25, 0.3) is 223 Å². The predicted molar refractivity (Wildman–Crippen MR) is 564 cm³/mol. The molecule has 0 unspecified atom stereocenters. The highest BCUT2D eigenvalue weighted by molar-refractivity contribution is 6.07. The minimum absolute atomic E-state index is 0.0452. The third kappa shape index (κ3) is 18.4. The summed E-state index contributed by atoms with van der Waals surface area (Å²) >= 11 is 0. The second-order valence-corrected chi connectivity index (χ2v) is 35.3. The number of nitrogens with one attached hydrogen (secondary N) is 12. The molecule has 145 heavy (non-hydrogen) atoms. The van der Waals surface area contributed by atoms with Crippen molar-refractivity contribution in [2.45, 2.75) is 40.2 Å². The van der Waals surface area contributed by atoms with Gasteiger partial charge < -0.3 is 58.9 Å². The van der Waals surface area contributed by atoms with Gasteiger partial charge in [0.2, 0.25) is 11.8 Å². The average Bonchev–Trinajstić information content (AvgIpc) is 1.60. The molecule has 3 amide bonds. The number of H-pyrrole nitrogens is 8. The molecule has 31 nitrogen and oxygen atoms in total. The smallest absolute Gasteiger partial charge is 0.255 e. The molecule has 0 spiro atoms. The van der Waals surface area contributed by atoms with Crippen LogP contribution in [-0.4, -0.2) is 124 Å². The van der Waals surface area contributed by atoms with Gasteiger partial charge in [-0.15, -0.1) is 0 Å². The Hall–Kier alpha value is -20.1. The van der Waals surface area contributed by atoms with Gasteiger partial charge in [-0.05, 0) is 175 Å². The van der Waals surface area contributed by atoms with E-state index in [0.29, 0.717) is 52.6 Å². The Bertz CT molecular complexity index is 9230. The summed E-state index contributed by atoms with van der Waals surface area (Å²) in [4.78, 5) is 88.0. The summed E-state index contributed by atoms with van der Waals surface area (Å²) in [6.07, 6.45) is 27.8. The number of aromatic nitrogens is 20. The number of fused-ring (bicyclic) bond motifs is 8. The van der Waals surface area contributed by atoms with Crippen LogP contribution >= 0.6 is 0 Å². The fraction of sp³-hybridized carbons (Fsp3) is 0.0614. The maximum atomic E-state index is 12.6. The molecule has 26 rings (SSSR count). The number of rotatable bonds is 21. The Kier molecular flexibility index (Phi) is 23.7. The van der Waals surface area contributed by atoms with Crippen molar-refractivity contribution in [1.29, 1.82) is 0 Å². The summed E-state index contributed by atoms with van der Waals surface area (Å²) in [5, 5.41) is 46.7. The monoisotopic (exact) mass is 1900 g/mol. The highest BCUT2D eigenvalue weighted by Crippen LogP contribution is 2.41. The maximum absolute atomic E-state index is 12.6. The lowest BCUT2D eigenvalue weighted by molar-refractivity contribution is -0.119. The van der Waals surface area contributed by atoms with Gasteiger partial charge in [0.25, 0.3) is 5.91 Å². The van der Waals surface area contributed by atoms with Gasteiger partial charge in [0.15, 0.2) is 23.3 Å². The molecule has 26 aromatic rings. The number of para-hydroxylation sites is 4. The molecule has 31 heteroatoms. The molecule has 10 aromatic carbocycles. The molecule has 0 aliphatic heterocycles. The van der Waals surface area contributed by atoms with E-state index in [4.69, 9.17) is 37.6 Å². The van der Waals surface area contributed by atoms with Gasteiger partial charge in [-0.3, -0.25) is 54.7 Å². The Morgan fingerprint density at radius 3 is 0.938 bits per heavy atom. The van der Waals surface area contributed by atoms with E-state index in [0.717, 1.165) is 217 Å². The standard InChI is InChI=1S/C31H22N6O2.C30H20N6O2.C27H22N6O2.C26H22N6O/c38-28(13-19-5-2-1-3-6-19)33-23-14-22(16-32-17-23)20-9-10-26-25(15-20)30(37-36-26)31-34-27-8-4-7-24(29(27)35-31)21-11-12-39-18-21;37-30(18-5-2-1-3-6-18)32-22-13-21(15-31-16-22)19-9-10-25-24(14-19)28(36-35-25)29-33-26-8-4-7-23(27(26)34-29)20-11-12-38-17-20;1-15(2)27(34)29-19-10-18(12-28-13-19)16-6-7-22-21(11-16)25(33-32-22)26-30-23-5-3-4-20(24(23)31-26)17-8-9-35-14-17;1-15(2)28-19-10-18(12-27-13-19)16-6-7-22-21(11-16)25(32-31-22)26-29-23-5-3-4-20(24(23)30-26)17-8-9-33-14-17/h1-12,14-18H,13H2,(H,33,38)(H,34,35)(H,36,37);1-17H,(H,32,37)(H,33,34)(H,35,36);3-15H,1-2H3,(H,29,34)(H,30,31)(H,32,33);3-15,28H,1-2H3,(H,29,30)(H,31,32). The fourth-order valence-corrected chi connectivity index (χ4v) is 17.8. The van der Waals surface area contributed by atoms with Crippen LogP contribution in [0.4, 0.5) is 22.7 Å². The number of amides is 3. The Morgan fingerprint density at radius 2 is 0.614 bits per heavy atom. The summed E-state index contributed by atoms with van der Waals surface area (Å²) in [6.45, 7) is 7.94. The normalized spacial score (nSPS) is 11.4. The van der Waals surface area contributed by atoms with Crippen LogP contribution in [0.1, 0.15) is 43.6 Å². The van der Waals surface area contributed by atoms with E-state index in [1.165, 1.54) is 0 Å². The number of imidazole rings is 4. The van der Waals surface area contributed by atoms with Crippen LogP contribution in [-0.2, 0) is 16.0 Å². The maximum Gasteiger partial charge on any atom is 0.255 e. The molecule has 16 aromatic heterocycles. The summed E-state index contributed by atoms with van der Waals surface area (Å²) < 4.78 is 21.1. The van der Waals surface area contributed by atoms with E-state index in [-0.39, 0.29) is 23.6 Å². The molecule has 0 bridgehead atoms. The lowest BCUT2D eigenvalue weighted by atomic mass is 10.0. The van der Waals surface area contributed by atoms with Crippen molar-refractivity contribution < 1.29 is 32.1 Å². The third-order valence-electron chi connectivity index (χ3n) is 24.8. The molecule has 0 aliphatic carbocycles. The second-order valence-electron chi connectivity index (χ2n) is 35.3. The fourth-order valence-electron chi connectivity index (χ4n) is 17.8. The lowest BCUT2D eigenvalue weighted by Gasteiger charge is -2.11. The highest BCUT2D eigenvalue weighted by Gasteiger charge is 2.25. The first-order chi connectivity index (χ1) is 71.2. The van der Waals surface area contributed by atoms with E-state index in [9.17, 15) is 14.4 Å². The summed E-state index contributed by atoms with van der Waals surface area (Å²) in [5.74, 6) is 2.31. The Morgan fingerprint density at radius 1 is 0.297 bits per heavy atom. The van der Waals surface area contributed by atoms with Crippen LogP contribution in [0.15, 0.2) is 372 Å². The summed E-state index contributed by atoms with van der Waals surface area (Å²) in [5.41, 5.74) is 33.7. The number of hydrogen-bond donors (Lipinski definition) is 12. The molecule has 16 heterocycles. The zero-order valence-corrected chi connectivity index (χ0v) is 78.1. The van der Waals surface area contributed by atoms with Crippen LogP contribution in [0.2, 0.25) is 0 Å². The third-order valence-corrected chi connectivity index (χ3v) is 24.8. The first-order valence-electron chi connectivity index (χ1n) is 46.7. The van der Waals surface area contributed by atoms with Crippen molar-refractivity contribution in [1.82, 2.24) is 101 Å². The van der Waals surface area contributed by atoms with Gasteiger partial charge >= 0.3 is 0 Å². The number of anilines is 4. The molecular weight excluding hydrogens is 1820 g/mol. The highest BCUT2D eigenvalue weighted by atomic mass is 16.3. The molecule has 0 saturated carbocycles. The second kappa shape index (κ2) is 38.7. The van der Waals surface area contributed by atoms with Crippen molar-refractivity contribution in [2.75, 3.05) is 21.3 Å². The van der Waals surface area contributed by atoms with Gasteiger partial charge in [0.1, 0.15) is 22.8 Å². The van der Waals surface area contributed by atoms with Gasteiger partial charge in [-0.25, -0.2) is 19.9 Å². The van der Waals surface area contributed by atoms with E-state index in [1.807, 2.05) is 232 Å². The zero-order valence-electron chi connectivity index (χ0n) is 78.1. The number of hydrogen-bond acceptors (Lipinski definition) is 20. The van der Waals surface area contributed by atoms with Crippen molar-refractivity contribution in [3.8, 4) is 135 Å². The minimum Gasteiger partial charge on any atom is -0.472 e. The van der Waals surface area contributed by atoms with Gasteiger partial charge in [0.05, 0.1) is 164 Å². The largest absolute Gasteiger partial charge is 0.472 e. The number of furan rings is 4. The molecule has 0 atom stereocenters. The van der Waals surface area contributed by atoms with E-state index in [2.05, 4.69) is 152 Å². The van der Waals surface area contributed by atoms with Crippen LogP contribution in [0, 0.1) is 5.92 Å². The molecule has 12 N–H and O–H groups in total. The molecular formula is C114H86N24O7. The number of pyridine rings is 4. The van der Waals surface area contributed by atoms with E-state index < -0.39 is 0 Å². The van der Waals surface area contributed by atoms with Crippen molar-refractivity contribution in [3.05, 3.63) is 366 Å². The van der Waals surface area contributed by atoms with Crippen molar-refractivity contribution >= 4 is 128 Å². The summed E-state index contributed by atoms with van der Waals surface area (Å²) in [6, 6.07) is 83.2. The van der Waals surface area contributed by atoms with Gasteiger partial charge in [-0.1, -0.05) is 135 Å². The van der Waals surface area contributed by atoms with Crippen LogP contribution < -0.4 is 21.3 Å². The van der Waals surface area contributed by atoms with Crippen molar-refractivity contribution in [3.63, 3.8) is 0 Å².